The number of rotatable bonds is 2. The van der Waals surface area contributed by atoms with Crippen LogP contribution in [0.5, 0.6) is 0 Å². The number of ether oxygens (including phenoxy) is 1. The van der Waals surface area contributed by atoms with Crippen LogP contribution in [0.15, 0.2) is 24.3 Å². The van der Waals surface area contributed by atoms with Crippen molar-refractivity contribution in [3.05, 3.63) is 24.3 Å². The molecule has 0 aliphatic heterocycles. The Kier molecular flexibility index (Phi) is 5.78. The van der Waals surface area contributed by atoms with Crippen LogP contribution in [0.1, 0.15) is 73.1 Å². The molecule has 6 heteroatoms. The van der Waals surface area contributed by atoms with Crippen LogP contribution in [0.25, 0.3) is 0 Å². The minimum atomic E-state index is -1.34. The number of imide groups is 1. The van der Waals surface area contributed by atoms with E-state index in [4.69, 9.17) is 4.74 Å². The molecule has 1 N–H and O–H groups in total. The Morgan fingerprint density at radius 2 is 1.87 bits per heavy atom. The van der Waals surface area contributed by atoms with Crippen LogP contribution in [0.2, 0.25) is 0 Å². The van der Waals surface area contributed by atoms with Gasteiger partial charge >= 0.3 is 11.9 Å². The van der Waals surface area contributed by atoms with E-state index in [0.717, 1.165) is 39.0 Å². The van der Waals surface area contributed by atoms with Crippen LogP contribution in [0.4, 0.5) is 0 Å². The van der Waals surface area contributed by atoms with Crippen molar-refractivity contribution in [1.29, 1.82) is 0 Å². The molecule has 3 aliphatic rings. The van der Waals surface area contributed by atoms with Gasteiger partial charge in [0.25, 0.3) is 5.91 Å². The van der Waals surface area contributed by atoms with Crippen LogP contribution < -0.4 is 0 Å². The number of hydrogen-bond acceptors (Lipinski definition) is 5. The molecule has 0 bridgehead atoms. The first-order valence-corrected chi connectivity index (χ1v) is 10.9. The normalized spacial score (nSPS) is 37.1. The van der Waals surface area contributed by atoms with Gasteiger partial charge in [0.05, 0.1) is 0 Å². The van der Waals surface area contributed by atoms with E-state index in [1.54, 1.807) is 5.57 Å². The first kappa shape index (κ1) is 22.7. The van der Waals surface area contributed by atoms with Crippen molar-refractivity contribution in [2.45, 2.75) is 79.2 Å². The monoisotopic (exact) mass is 417 g/mol. The van der Waals surface area contributed by atoms with E-state index >= 15 is 0 Å². The molecule has 5 unspecified atom stereocenters. The molecule has 0 heterocycles. The second-order valence-electron chi connectivity index (χ2n) is 10.6. The number of carbonyl (C=O) groups is 3. The largest absolute Gasteiger partial charge is 0.455 e. The van der Waals surface area contributed by atoms with Gasteiger partial charge in [-0.05, 0) is 61.2 Å². The number of amides is 2. The predicted molar refractivity (Wildman–Crippen MR) is 112 cm³/mol. The summed E-state index contributed by atoms with van der Waals surface area (Å²) in [5.41, 5.74) is 1.42. The lowest BCUT2D eigenvalue weighted by atomic mass is 9.46. The van der Waals surface area contributed by atoms with Crippen molar-refractivity contribution in [3.8, 4) is 0 Å². The van der Waals surface area contributed by atoms with Gasteiger partial charge in [0.2, 0.25) is 0 Å². The lowest BCUT2D eigenvalue weighted by Crippen LogP contribution is -2.55. The first-order valence-electron chi connectivity index (χ1n) is 10.9. The third-order valence-corrected chi connectivity index (χ3v) is 8.23. The summed E-state index contributed by atoms with van der Waals surface area (Å²) >= 11 is 0. The molecule has 2 fully saturated rings. The van der Waals surface area contributed by atoms with Crippen LogP contribution in [-0.4, -0.2) is 34.2 Å². The Labute approximate surface area is 179 Å². The minimum Gasteiger partial charge on any atom is -0.455 e. The van der Waals surface area contributed by atoms with Crippen LogP contribution in [-0.2, 0) is 19.1 Å². The molecule has 3 rings (SSSR count). The molecule has 2 saturated carbocycles. The summed E-state index contributed by atoms with van der Waals surface area (Å²) in [4.78, 5) is 35.4. The van der Waals surface area contributed by atoms with Crippen LogP contribution >= 0.6 is 0 Å². The zero-order valence-electron chi connectivity index (χ0n) is 18.9. The Bertz CT molecular complexity index is 799. The van der Waals surface area contributed by atoms with Gasteiger partial charge in [-0.25, -0.2) is 4.79 Å². The van der Waals surface area contributed by atoms with E-state index in [1.165, 1.54) is 0 Å². The molecular weight excluding hydrogens is 382 g/mol. The van der Waals surface area contributed by atoms with Gasteiger partial charge in [-0.15, -0.1) is 11.6 Å². The highest BCUT2D eigenvalue weighted by Gasteiger charge is 2.57. The molecule has 0 aromatic rings. The van der Waals surface area contributed by atoms with Crippen molar-refractivity contribution in [2.75, 3.05) is 0 Å². The second-order valence-corrected chi connectivity index (χ2v) is 10.6. The van der Waals surface area contributed by atoms with Gasteiger partial charge in [0.1, 0.15) is 6.10 Å². The zero-order valence-corrected chi connectivity index (χ0v) is 18.9. The summed E-state index contributed by atoms with van der Waals surface area (Å²) in [6.07, 6.45) is 9.91. The number of fused-ring (bicyclic) bond motifs is 3. The van der Waals surface area contributed by atoms with Crippen LogP contribution in [0.3, 0.4) is 0 Å². The Balaban J connectivity index is 1.81. The number of hydroxylamine groups is 2. The summed E-state index contributed by atoms with van der Waals surface area (Å²) in [5, 5.41) is 9.28. The topological polar surface area (TPSA) is 83.9 Å². The van der Waals surface area contributed by atoms with Gasteiger partial charge in [0.15, 0.2) is 0 Å². The third kappa shape index (κ3) is 3.64. The quantitative estimate of drug-likeness (QED) is 0.236. The summed E-state index contributed by atoms with van der Waals surface area (Å²) < 4.78 is 5.55. The average Bonchev–Trinajstić information content (AvgIpc) is 2.68. The Hall–Kier alpha value is -1.95. The van der Waals surface area contributed by atoms with Crippen molar-refractivity contribution >= 4 is 17.8 Å². The van der Waals surface area contributed by atoms with Gasteiger partial charge in [-0.3, -0.25) is 14.8 Å². The van der Waals surface area contributed by atoms with E-state index < -0.39 is 23.9 Å². The Morgan fingerprint density at radius 1 is 1.20 bits per heavy atom. The van der Waals surface area contributed by atoms with Crippen LogP contribution in [0, 0.1) is 28.1 Å². The molecule has 3 aliphatic carbocycles. The summed E-state index contributed by atoms with van der Waals surface area (Å²) in [5.74, 6) is -2.55. The highest BCUT2D eigenvalue weighted by atomic mass is 16.6. The van der Waals surface area contributed by atoms with E-state index in [0.29, 0.717) is 18.3 Å². The van der Waals surface area contributed by atoms with Crippen molar-refractivity contribution in [2.24, 2.45) is 28.1 Å². The maximum absolute atomic E-state index is 12.3. The molecule has 30 heavy (non-hydrogen) atoms. The fourth-order valence-electron chi connectivity index (χ4n) is 6.44. The molecular formula is C24H35NO5. The maximum atomic E-state index is 12.3. The summed E-state index contributed by atoms with van der Waals surface area (Å²) in [6, 6.07) is 0. The zero-order chi connectivity index (χ0) is 22.5. The second kappa shape index (κ2) is 7.63. The smallest absolute Gasteiger partial charge is 0.400 e. The fraction of sp³-hybridized carbons (Fsp3) is 0.708. The lowest BCUT2D eigenvalue weighted by molar-refractivity contribution is -0.195. The minimum absolute atomic E-state index is 0.0459. The SMILES string of the molecule is C=CC1(C)CC=C2C(CCC3C2(C)CCC(OC(=O)C(=O)N(O)C(C)=O)C3(C)C)C1. The molecule has 0 saturated heterocycles. The molecule has 166 valence electrons. The number of esters is 1. The van der Waals surface area contributed by atoms with E-state index in [1.807, 2.05) is 0 Å². The standard InChI is InChI=1S/C24H35NO5/c1-7-23(5)12-10-17-16(14-23)8-9-18-22(3,4)19(11-13-24(17,18)6)30-21(28)20(27)25(29)15(2)26/h7,10,16,18-19,29H,1,8-9,11-14H2,2-6H3. The Morgan fingerprint density at radius 3 is 2.47 bits per heavy atom. The number of hydrogen-bond donors (Lipinski definition) is 1. The van der Waals surface area contributed by atoms with Gasteiger partial charge < -0.3 is 4.74 Å². The maximum Gasteiger partial charge on any atom is 0.400 e. The highest BCUT2D eigenvalue weighted by Crippen LogP contribution is 2.64. The average molecular weight is 418 g/mol. The fourth-order valence-corrected chi connectivity index (χ4v) is 6.44. The van der Waals surface area contributed by atoms with Gasteiger partial charge in [-0.2, -0.15) is 0 Å². The number of carbonyl (C=O) groups excluding carboxylic acids is 3. The lowest BCUT2D eigenvalue weighted by Gasteiger charge is -2.60. The molecule has 2 amide bonds. The van der Waals surface area contributed by atoms with E-state index in [-0.39, 0.29) is 21.3 Å². The van der Waals surface area contributed by atoms with Crippen molar-refractivity contribution in [3.63, 3.8) is 0 Å². The van der Waals surface area contributed by atoms with Crippen molar-refractivity contribution < 1.29 is 24.3 Å². The van der Waals surface area contributed by atoms with E-state index in [2.05, 4.69) is 46.4 Å². The predicted octanol–water partition coefficient (Wildman–Crippen LogP) is 4.43. The third-order valence-electron chi connectivity index (χ3n) is 8.23. The molecule has 0 aromatic carbocycles. The summed E-state index contributed by atoms with van der Waals surface area (Å²) in [6.45, 7) is 13.9. The number of allylic oxidation sites excluding steroid dienone is 3. The van der Waals surface area contributed by atoms with E-state index in [9.17, 15) is 19.6 Å². The van der Waals surface area contributed by atoms with Crippen molar-refractivity contribution in [1.82, 2.24) is 5.06 Å². The first-order chi connectivity index (χ1) is 13.9. The van der Waals surface area contributed by atoms with Gasteiger partial charge in [0, 0.05) is 12.3 Å². The molecule has 0 spiro atoms. The molecule has 0 radical (unpaired) electrons. The highest BCUT2D eigenvalue weighted by molar-refractivity contribution is 6.34. The molecule has 5 atom stereocenters. The summed E-state index contributed by atoms with van der Waals surface area (Å²) in [7, 11) is 0. The molecule has 0 aromatic heterocycles. The number of nitrogens with zero attached hydrogens (tertiary/aromatic N) is 1. The van der Waals surface area contributed by atoms with Gasteiger partial charge in [-0.1, -0.05) is 45.4 Å². The molecule has 6 nitrogen and oxygen atoms in total.